The molecule has 0 N–H and O–H groups in total. The van der Waals surface area contributed by atoms with Crippen LogP contribution in [0.4, 0.5) is 0 Å². The second-order valence-electron chi connectivity index (χ2n) is 3.02. The first-order valence-electron chi connectivity index (χ1n) is 4.32. The van der Waals surface area contributed by atoms with Gasteiger partial charge in [0.05, 0.1) is 0 Å². The first-order chi connectivity index (χ1) is 6.69. The molecular weight excluding hydrogens is 180 g/mol. The van der Waals surface area contributed by atoms with E-state index in [2.05, 4.69) is 6.58 Å². The van der Waals surface area contributed by atoms with E-state index < -0.39 is 0 Å². The molecule has 0 amide bonds. The molecule has 0 unspecified atom stereocenters. The fraction of sp³-hybridized carbons (Fsp3) is 0.273. The van der Waals surface area contributed by atoms with E-state index in [1.807, 2.05) is 0 Å². The maximum atomic E-state index is 11.0. The zero-order valence-electron chi connectivity index (χ0n) is 8.08. The molecule has 0 saturated heterocycles. The SMILES string of the molecule is C=C/C(=C\C1=C(C)C(=O)OC1)CC=O. The molecule has 0 fully saturated rings. The number of hydrogen-bond donors (Lipinski definition) is 0. The number of aldehydes is 1. The number of allylic oxidation sites excluding steroid dienone is 2. The van der Waals surface area contributed by atoms with E-state index in [4.69, 9.17) is 4.74 Å². The second kappa shape index (κ2) is 4.56. The highest BCUT2D eigenvalue weighted by Crippen LogP contribution is 2.18. The Morgan fingerprint density at radius 3 is 2.79 bits per heavy atom. The second-order valence-corrected chi connectivity index (χ2v) is 3.02. The molecule has 0 atom stereocenters. The van der Waals surface area contributed by atoms with Crippen molar-refractivity contribution in [1.82, 2.24) is 0 Å². The predicted octanol–water partition coefficient (Wildman–Crippen LogP) is 1.56. The summed E-state index contributed by atoms with van der Waals surface area (Å²) < 4.78 is 4.82. The molecule has 0 aromatic carbocycles. The van der Waals surface area contributed by atoms with Crippen molar-refractivity contribution in [3.8, 4) is 0 Å². The summed E-state index contributed by atoms with van der Waals surface area (Å²) in [7, 11) is 0. The third-order valence-electron chi connectivity index (χ3n) is 2.09. The van der Waals surface area contributed by atoms with E-state index in [1.165, 1.54) is 0 Å². The van der Waals surface area contributed by atoms with E-state index in [1.54, 1.807) is 19.1 Å². The Kier molecular flexibility index (Phi) is 3.40. The Bertz CT molecular complexity index is 334. The molecule has 0 aromatic heterocycles. The smallest absolute Gasteiger partial charge is 0.334 e. The molecular formula is C11H12O3. The van der Waals surface area contributed by atoms with Crippen LogP contribution in [0.25, 0.3) is 0 Å². The minimum Gasteiger partial charge on any atom is -0.457 e. The third kappa shape index (κ3) is 2.19. The summed E-state index contributed by atoms with van der Waals surface area (Å²) in [6.45, 7) is 5.59. The van der Waals surface area contributed by atoms with Gasteiger partial charge >= 0.3 is 5.97 Å². The molecule has 0 radical (unpaired) electrons. The average molecular weight is 192 g/mol. The first kappa shape index (κ1) is 10.4. The number of esters is 1. The molecule has 1 aliphatic rings. The van der Waals surface area contributed by atoms with Crippen LogP contribution in [0.5, 0.6) is 0 Å². The van der Waals surface area contributed by atoms with Gasteiger partial charge in [0.2, 0.25) is 0 Å². The van der Waals surface area contributed by atoms with Crippen molar-refractivity contribution in [2.75, 3.05) is 6.61 Å². The van der Waals surface area contributed by atoms with Crippen LogP contribution in [0.1, 0.15) is 13.3 Å². The summed E-state index contributed by atoms with van der Waals surface area (Å²) in [4.78, 5) is 21.3. The number of carbonyl (C=O) groups is 2. The van der Waals surface area contributed by atoms with Gasteiger partial charge in [0.1, 0.15) is 12.9 Å². The topological polar surface area (TPSA) is 43.4 Å². The molecule has 14 heavy (non-hydrogen) atoms. The fourth-order valence-corrected chi connectivity index (χ4v) is 1.16. The number of hydrogen-bond acceptors (Lipinski definition) is 3. The molecule has 3 heteroatoms. The minimum atomic E-state index is -0.286. The van der Waals surface area contributed by atoms with E-state index in [0.29, 0.717) is 18.6 Å². The monoisotopic (exact) mass is 192 g/mol. The molecule has 74 valence electrons. The van der Waals surface area contributed by atoms with E-state index in [0.717, 1.165) is 17.4 Å². The summed E-state index contributed by atoms with van der Waals surface area (Å²) in [5.74, 6) is -0.286. The Morgan fingerprint density at radius 2 is 2.36 bits per heavy atom. The molecule has 3 nitrogen and oxygen atoms in total. The zero-order valence-corrected chi connectivity index (χ0v) is 8.08. The molecule has 0 spiro atoms. The maximum absolute atomic E-state index is 11.0. The largest absolute Gasteiger partial charge is 0.457 e. The van der Waals surface area contributed by atoms with Gasteiger partial charge in [0.15, 0.2) is 0 Å². The summed E-state index contributed by atoms with van der Waals surface area (Å²) in [5.41, 5.74) is 2.23. The molecule has 0 bridgehead atoms. The quantitative estimate of drug-likeness (QED) is 0.385. The van der Waals surface area contributed by atoms with Crippen LogP contribution in [0.2, 0.25) is 0 Å². The van der Waals surface area contributed by atoms with Gasteiger partial charge in [0, 0.05) is 12.0 Å². The van der Waals surface area contributed by atoms with Crippen molar-refractivity contribution in [1.29, 1.82) is 0 Å². The zero-order chi connectivity index (χ0) is 10.6. The lowest BCUT2D eigenvalue weighted by Gasteiger charge is -1.96. The van der Waals surface area contributed by atoms with Gasteiger partial charge < -0.3 is 9.53 Å². The Hall–Kier alpha value is -1.64. The molecule has 0 aromatic rings. The van der Waals surface area contributed by atoms with Crippen molar-refractivity contribution in [3.63, 3.8) is 0 Å². The molecule has 0 aliphatic carbocycles. The first-order valence-corrected chi connectivity index (χ1v) is 4.32. The average Bonchev–Trinajstić information content (AvgIpc) is 2.49. The molecule has 1 heterocycles. The van der Waals surface area contributed by atoms with Gasteiger partial charge in [-0.15, -0.1) is 0 Å². The lowest BCUT2D eigenvalue weighted by Crippen LogP contribution is -1.94. The molecule has 1 rings (SSSR count). The molecule has 1 aliphatic heterocycles. The number of ether oxygens (including phenoxy) is 1. The lowest BCUT2D eigenvalue weighted by atomic mass is 10.1. The Balaban J connectivity index is 2.89. The van der Waals surface area contributed by atoms with Crippen LogP contribution < -0.4 is 0 Å². The van der Waals surface area contributed by atoms with Gasteiger partial charge in [-0.3, -0.25) is 0 Å². The fourth-order valence-electron chi connectivity index (χ4n) is 1.16. The minimum absolute atomic E-state index is 0.286. The number of rotatable bonds is 4. The normalized spacial score (nSPS) is 16.9. The number of carbonyl (C=O) groups excluding carboxylic acids is 2. The Morgan fingerprint density at radius 1 is 1.64 bits per heavy atom. The van der Waals surface area contributed by atoms with Crippen LogP contribution in [0.3, 0.4) is 0 Å². The van der Waals surface area contributed by atoms with Crippen LogP contribution in [-0.4, -0.2) is 18.9 Å². The van der Waals surface area contributed by atoms with Crippen molar-refractivity contribution in [2.24, 2.45) is 0 Å². The third-order valence-corrected chi connectivity index (χ3v) is 2.09. The highest BCUT2D eigenvalue weighted by molar-refractivity contribution is 5.91. The van der Waals surface area contributed by atoms with Gasteiger partial charge in [0.25, 0.3) is 0 Å². The summed E-state index contributed by atoms with van der Waals surface area (Å²) in [5, 5.41) is 0. The summed E-state index contributed by atoms with van der Waals surface area (Å²) >= 11 is 0. The van der Waals surface area contributed by atoms with Crippen LogP contribution in [0.15, 0.2) is 35.5 Å². The highest BCUT2D eigenvalue weighted by Gasteiger charge is 2.18. The van der Waals surface area contributed by atoms with Crippen molar-refractivity contribution in [3.05, 3.63) is 35.5 Å². The van der Waals surface area contributed by atoms with Crippen LogP contribution in [-0.2, 0) is 14.3 Å². The van der Waals surface area contributed by atoms with Gasteiger partial charge in [-0.1, -0.05) is 18.7 Å². The van der Waals surface area contributed by atoms with Gasteiger partial charge in [-0.05, 0) is 18.1 Å². The summed E-state index contributed by atoms with van der Waals surface area (Å²) in [6, 6.07) is 0. The van der Waals surface area contributed by atoms with E-state index >= 15 is 0 Å². The highest BCUT2D eigenvalue weighted by atomic mass is 16.5. The van der Waals surface area contributed by atoms with Crippen molar-refractivity contribution >= 4 is 12.3 Å². The van der Waals surface area contributed by atoms with E-state index in [9.17, 15) is 9.59 Å². The van der Waals surface area contributed by atoms with Crippen LogP contribution in [0, 0.1) is 0 Å². The lowest BCUT2D eigenvalue weighted by molar-refractivity contribution is -0.135. The number of cyclic esters (lactones) is 1. The standard InChI is InChI=1S/C11H12O3/c1-3-9(4-5-12)6-10-7-14-11(13)8(10)2/h3,5-6H,1,4,7H2,2H3/b9-6+. The van der Waals surface area contributed by atoms with Gasteiger partial charge in [-0.25, -0.2) is 4.79 Å². The van der Waals surface area contributed by atoms with Gasteiger partial charge in [-0.2, -0.15) is 0 Å². The van der Waals surface area contributed by atoms with Crippen LogP contribution >= 0.6 is 0 Å². The molecule has 0 saturated carbocycles. The van der Waals surface area contributed by atoms with Crippen molar-refractivity contribution in [2.45, 2.75) is 13.3 Å². The Labute approximate surface area is 82.8 Å². The summed E-state index contributed by atoms with van der Waals surface area (Å²) in [6.07, 6.45) is 4.51. The van der Waals surface area contributed by atoms with Crippen molar-refractivity contribution < 1.29 is 14.3 Å². The predicted molar refractivity (Wildman–Crippen MR) is 52.6 cm³/mol. The van der Waals surface area contributed by atoms with E-state index in [-0.39, 0.29) is 5.97 Å². The maximum Gasteiger partial charge on any atom is 0.334 e.